The predicted octanol–water partition coefficient (Wildman–Crippen LogP) is 1.02. The van der Waals surface area contributed by atoms with Gasteiger partial charge in [0.05, 0.1) is 18.6 Å². The summed E-state index contributed by atoms with van der Waals surface area (Å²) < 4.78 is 0. The van der Waals surface area contributed by atoms with E-state index < -0.39 is 0 Å². The van der Waals surface area contributed by atoms with Crippen molar-refractivity contribution in [3.8, 4) is 0 Å². The molecule has 1 aromatic rings. The van der Waals surface area contributed by atoms with E-state index in [0.717, 1.165) is 0 Å². The summed E-state index contributed by atoms with van der Waals surface area (Å²) in [7, 11) is 0. The molecule has 1 fully saturated rings. The zero-order valence-electron chi connectivity index (χ0n) is 9.27. The van der Waals surface area contributed by atoms with E-state index in [0.29, 0.717) is 29.8 Å². The Morgan fingerprint density at radius 3 is 2.24 bits per heavy atom. The Bertz CT molecular complexity index is 414. The van der Waals surface area contributed by atoms with E-state index in [2.05, 4.69) is 0 Å². The summed E-state index contributed by atoms with van der Waals surface area (Å²) in [6.07, 6.45) is 0.333. The van der Waals surface area contributed by atoms with Crippen LogP contribution in [0, 0.1) is 0 Å². The molecular formula is C12H14ClNO3. The van der Waals surface area contributed by atoms with E-state index in [-0.39, 0.29) is 24.5 Å². The first-order valence-electron chi connectivity index (χ1n) is 5.43. The van der Waals surface area contributed by atoms with Gasteiger partial charge in [0.25, 0.3) is 0 Å². The lowest BCUT2D eigenvalue weighted by Crippen LogP contribution is -2.24. The highest BCUT2D eigenvalue weighted by Gasteiger charge is 2.29. The molecule has 1 atom stereocenters. The first-order valence-corrected chi connectivity index (χ1v) is 5.86. The number of carbonyl (C=O) groups is 1. The summed E-state index contributed by atoms with van der Waals surface area (Å²) in [6, 6.07) is 5.19. The van der Waals surface area contributed by atoms with Gasteiger partial charge in [0.2, 0.25) is 5.91 Å². The minimum absolute atomic E-state index is 0.0241. The molecule has 5 heteroatoms. The molecule has 0 spiro atoms. The molecule has 92 valence electrons. The largest absolute Gasteiger partial charge is 0.392 e. The van der Waals surface area contributed by atoms with Crippen molar-refractivity contribution in [3.05, 3.63) is 29.3 Å². The lowest BCUT2D eigenvalue weighted by Gasteiger charge is -2.17. The molecular weight excluding hydrogens is 242 g/mol. The van der Waals surface area contributed by atoms with Crippen molar-refractivity contribution in [3.63, 3.8) is 0 Å². The summed E-state index contributed by atoms with van der Waals surface area (Å²) in [5.41, 5.74) is 2.04. The molecule has 1 amide bonds. The number of rotatable bonds is 3. The maximum absolute atomic E-state index is 11.7. The molecule has 17 heavy (non-hydrogen) atoms. The summed E-state index contributed by atoms with van der Waals surface area (Å²) in [6.45, 7) is 0.237. The lowest BCUT2D eigenvalue weighted by atomic mass is 10.1. The molecule has 4 nitrogen and oxygen atoms in total. The first kappa shape index (κ1) is 12.4. The van der Waals surface area contributed by atoms with Crippen LogP contribution in [0.4, 0.5) is 5.69 Å². The van der Waals surface area contributed by atoms with Crippen LogP contribution in [0.1, 0.15) is 17.5 Å². The number of hydrogen-bond acceptors (Lipinski definition) is 3. The maximum Gasteiger partial charge on any atom is 0.228 e. The van der Waals surface area contributed by atoms with Crippen LogP contribution in [-0.4, -0.2) is 28.0 Å². The van der Waals surface area contributed by atoms with Gasteiger partial charge in [0, 0.05) is 18.7 Å². The second-order valence-electron chi connectivity index (χ2n) is 4.13. The van der Waals surface area contributed by atoms with Crippen LogP contribution < -0.4 is 4.90 Å². The van der Waals surface area contributed by atoms with Crippen molar-refractivity contribution in [1.29, 1.82) is 0 Å². The average Bonchev–Trinajstić information content (AvgIpc) is 2.67. The molecule has 1 aromatic carbocycles. The van der Waals surface area contributed by atoms with Crippen LogP contribution in [0.5, 0.6) is 0 Å². The molecule has 1 aliphatic rings. The molecule has 1 heterocycles. The Morgan fingerprint density at radius 1 is 1.24 bits per heavy atom. The fraction of sp³-hybridized carbons (Fsp3) is 0.417. The van der Waals surface area contributed by atoms with Crippen molar-refractivity contribution in [2.24, 2.45) is 0 Å². The third-order valence-corrected chi connectivity index (χ3v) is 3.08. The Hall–Kier alpha value is -1.10. The molecule has 1 unspecified atom stereocenters. The Kier molecular flexibility index (Phi) is 3.66. The Morgan fingerprint density at radius 2 is 1.82 bits per heavy atom. The monoisotopic (exact) mass is 255 g/mol. The number of halogens is 1. The fourth-order valence-electron chi connectivity index (χ4n) is 1.99. The number of benzene rings is 1. The van der Waals surface area contributed by atoms with Gasteiger partial charge in [-0.05, 0) is 23.3 Å². The maximum atomic E-state index is 11.7. The Balaban J connectivity index is 2.34. The summed E-state index contributed by atoms with van der Waals surface area (Å²) in [4.78, 5) is 13.3. The van der Waals surface area contributed by atoms with Gasteiger partial charge in [-0.3, -0.25) is 4.79 Å². The number of anilines is 1. The molecule has 0 radical (unpaired) electrons. The predicted molar refractivity (Wildman–Crippen MR) is 64.9 cm³/mol. The normalized spacial score (nSPS) is 20.1. The number of nitrogens with zero attached hydrogens (tertiary/aromatic N) is 1. The average molecular weight is 256 g/mol. The minimum Gasteiger partial charge on any atom is -0.392 e. The second kappa shape index (κ2) is 5.04. The van der Waals surface area contributed by atoms with Gasteiger partial charge >= 0.3 is 0 Å². The fourth-order valence-corrected chi connectivity index (χ4v) is 2.26. The first-order chi connectivity index (χ1) is 8.13. The van der Waals surface area contributed by atoms with E-state index in [1.165, 1.54) is 0 Å². The van der Waals surface area contributed by atoms with Gasteiger partial charge in [0.15, 0.2) is 0 Å². The number of alkyl halides is 1. The highest BCUT2D eigenvalue weighted by atomic mass is 35.5. The minimum atomic E-state index is -0.169. The van der Waals surface area contributed by atoms with Crippen LogP contribution >= 0.6 is 11.6 Å². The van der Waals surface area contributed by atoms with E-state index in [1.54, 1.807) is 23.1 Å². The lowest BCUT2D eigenvalue weighted by molar-refractivity contribution is -0.117. The molecule has 1 saturated heterocycles. The number of hydrogen-bond donors (Lipinski definition) is 2. The van der Waals surface area contributed by atoms with Crippen LogP contribution in [0.2, 0.25) is 0 Å². The van der Waals surface area contributed by atoms with Crippen molar-refractivity contribution >= 4 is 23.2 Å². The topological polar surface area (TPSA) is 60.8 Å². The molecule has 2 N–H and O–H groups in total. The van der Waals surface area contributed by atoms with Gasteiger partial charge in [-0.25, -0.2) is 0 Å². The van der Waals surface area contributed by atoms with Gasteiger partial charge in [-0.2, -0.15) is 0 Å². The highest BCUT2D eigenvalue weighted by molar-refractivity contribution is 6.24. The van der Waals surface area contributed by atoms with Crippen molar-refractivity contribution in [2.45, 2.75) is 25.0 Å². The Labute approximate surface area is 104 Å². The van der Waals surface area contributed by atoms with E-state index in [1.807, 2.05) is 0 Å². The highest BCUT2D eigenvalue weighted by Crippen LogP contribution is 2.26. The van der Waals surface area contributed by atoms with Gasteiger partial charge in [-0.15, -0.1) is 11.6 Å². The molecule has 0 bridgehead atoms. The zero-order chi connectivity index (χ0) is 12.4. The van der Waals surface area contributed by atoms with E-state index >= 15 is 0 Å². The molecule has 1 aliphatic heterocycles. The third kappa shape index (κ3) is 2.60. The van der Waals surface area contributed by atoms with Crippen molar-refractivity contribution < 1.29 is 15.0 Å². The van der Waals surface area contributed by atoms with E-state index in [4.69, 9.17) is 21.8 Å². The number of amides is 1. The second-order valence-corrected chi connectivity index (χ2v) is 4.75. The quantitative estimate of drug-likeness (QED) is 0.793. The van der Waals surface area contributed by atoms with Crippen LogP contribution in [0.3, 0.4) is 0 Å². The zero-order valence-corrected chi connectivity index (χ0v) is 10.0. The van der Waals surface area contributed by atoms with Crippen LogP contribution in [0.25, 0.3) is 0 Å². The summed E-state index contributed by atoms with van der Waals surface area (Å²) >= 11 is 5.94. The van der Waals surface area contributed by atoms with Gasteiger partial charge in [-0.1, -0.05) is 6.07 Å². The number of aliphatic hydroxyl groups is 2. The molecule has 0 aliphatic carbocycles. The SMILES string of the molecule is O=C1CC(Cl)CN1c1cc(CO)cc(CO)c1. The van der Waals surface area contributed by atoms with Crippen LogP contribution in [-0.2, 0) is 18.0 Å². The molecule has 2 rings (SSSR count). The van der Waals surface area contributed by atoms with Crippen LogP contribution in [0.15, 0.2) is 18.2 Å². The number of carbonyl (C=O) groups excluding carboxylic acids is 1. The van der Waals surface area contributed by atoms with E-state index in [9.17, 15) is 4.79 Å². The van der Waals surface area contributed by atoms with Crippen molar-refractivity contribution in [2.75, 3.05) is 11.4 Å². The standard InChI is InChI=1S/C12H14ClNO3/c13-10-4-12(17)14(5-10)11-2-8(6-15)1-9(3-11)7-16/h1-3,10,15-16H,4-7H2. The molecule has 0 aromatic heterocycles. The summed E-state index contributed by atoms with van der Waals surface area (Å²) in [5.74, 6) is -0.0241. The number of aliphatic hydroxyl groups excluding tert-OH is 2. The van der Waals surface area contributed by atoms with Crippen molar-refractivity contribution in [1.82, 2.24) is 0 Å². The smallest absolute Gasteiger partial charge is 0.228 e. The summed E-state index contributed by atoms with van der Waals surface area (Å²) in [5, 5.41) is 18.1. The van der Waals surface area contributed by atoms with Gasteiger partial charge < -0.3 is 15.1 Å². The third-order valence-electron chi connectivity index (χ3n) is 2.79. The van der Waals surface area contributed by atoms with Gasteiger partial charge in [0.1, 0.15) is 0 Å². The molecule has 0 saturated carbocycles.